The molecular formula is C24H29FN2O3. The maximum absolute atomic E-state index is 13.1. The highest BCUT2D eigenvalue weighted by molar-refractivity contribution is 5.88. The first kappa shape index (κ1) is 21.8. The molecule has 0 saturated heterocycles. The third-order valence-corrected chi connectivity index (χ3v) is 5.49. The number of nitrogens with one attached hydrogen (secondary N) is 1. The second-order valence-electron chi connectivity index (χ2n) is 7.77. The lowest BCUT2D eigenvalue weighted by atomic mass is 9.95. The van der Waals surface area contributed by atoms with Gasteiger partial charge in [-0.15, -0.1) is 0 Å². The van der Waals surface area contributed by atoms with E-state index in [9.17, 15) is 14.0 Å². The average Bonchev–Trinajstić information content (AvgIpc) is 2.78. The SMILES string of the molecule is CC(C(=O)NC1CCCCC1)N(Cc1ccccc1)C(=O)COc1ccc(F)cc1. The Labute approximate surface area is 177 Å². The van der Waals surface area contributed by atoms with Crippen molar-refractivity contribution in [1.29, 1.82) is 0 Å². The predicted octanol–water partition coefficient (Wildman–Crippen LogP) is 4.07. The molecule has 1 aliphatic rings. The average molecular weight is 413 g/mol. The Morgan fingerprint density at radius 3 is 2.40 bits per heavy atom. The number of amides is 2. The number of rotatable bonds is 8. The lowest BCUT2D eigenvalue weighted by Gasteiger charge is -2.31. The summed E-state index contributed by atoms with van der Waals surface area (Å²) in [6, 6.07) is 14.6. The molecule has 0 spiro atoms. The van der Waals surface area contributed by atoms with Gasteiger partial charge in [0.05, 0.1) is 0 Å². The van der Waals surface area contributed by atoms with Gasteiger partial charge in [-0.2, -0.15) is 0 Å². The van der Waals surface area contributed by atoms with Crippen LogP contribution in [0.1, 0.15) is 44.6 Å². The molecule has 0 heterocycles. The van der Waals surface area contributed by atoms with Crippen LogP contribution in [0.25, 0.3) is 0 Å². The van der Waals surface area contributed by atoms with E-state index < -0.39 is 6.04 Å². The second kappa shape index (κ2) is 10.8. The van der Waals surface area contributed by atoms with Crippen molar-refractivity contribution in [3.8, 4) is 5.75 Å². The van der Waals surface area contributed by atoms with Crippen LogP contribution in [0.3, 0.4) is 0 Å². The van der Waals surface area contributed by atoms with Crippen LogP contribution in [-0.2, 0) is 16.1 Å². The fourth-order valence-electron chi connectivity index (χ4n) is 3.69. The van der Waals surface area contributed by atoms with Gasteiger partial charge in [0.1, 0.15) is 17.6 Å². The third kappa shape index (κ3) is 6.31. The van der Waals surface area contributed by atoms with Crippen LogP contribution in [0.2, 0.25) is 0 Å². The van der Waals surface area contributed by atoms with Gasteiger partial charge in [0.15, 0.2) is 6.61 Å². The molecule has 160 valence electrons. The minimum atomic E-state index is -0.628. The minimum absolute atomic E-state index is 0.145. The van der Waals surface area contributed by atoms with E-state index in [1.54, 1.807) is 6.92 Å². The first-order valence-electron chi connectivity index (χ1n) is 10.5. The molecule has 3 rings (SSSR count). The van der Waals surface area contributed by atoms with Crippen LogP contribution in [0.4, 0.5) is 4.39 Å². The van der Waals surface area contributed by atoms with E-state index in [1.165, 1.54) is 35.6 Å². The molecule has 0 aliphatic heterocycles. The molecular weight excluding hydrogens is 383 g/mol. The van der Waals surface area contributed by atoms with Crippen molar-refractivity contribution >= 4 is 11.8 Å². The number of nitrogens with zero attached hydrogens (tertiary/aromatic N) is 1. The topological polar surface area (TPSA) is 58.6 Å². The standard InChI is InChI=1S/C24H29FN2O3/c1-18(24(29)26-21-10-6-3-7-11-21)27(16-19-8-4-2-5-9-19)23(28)17-30-22-14-12-20(25)13-15-22/h2,4-5,8-9,12-15,18,21H,3,6-7,10-11,16-17H2,1H3,(H,26,29). The van der Waals surface area contributed by atoms with E-state index >= 15 is 0 Å². The molecule has 2 amide bonds. The predicted molar refractivity (Wildman–Crippen MR) is 113 cm³/mol. The number of benzene rings is 2. The number of hydrogen-bond donors (Lipinski definition) is 1. The fraction of sp³-hybridized carbons (Fsp3) is 0.417. The maximum atomic E-state index is 13.1. The summed E-state index contributed by atoms with van der Waals surface area (Å²) in [6.07, 6.45) is 5.42. The molecule has 1 fully saturated rings. The van der Waals surface area contributed by atoms with Gasteiger partial charge in [0.25, 0.3) is 5.91 Å². The first-order chi connectivity index (χ1) is 14.5. The van der Waals surface area contributed by atoms with Gasteiger partial charge in [0, 0.05) is 12.6 Å². The van der Waals surface area contributed by atoms with Crippen LogP contribution in [0, 0.1) is 5.82 Å². The van der Waals surface area contributed by atoms with Gasteiger partial charge in [-0.3, -0.25) is 9.59 Å². The van der Waals surface area contributed by atoms with Gasteiger partial charge < -0.3 is 15.0 Å². The van der Waals surface area contributed by atoms with Gasteiger partial charge in [-0.25, -0.2) is 4.39 Å². The zero-order valence-corrected chi connectivity index (χ0v) is 17.4. The molecule has 0 bridgehead atoms. The first-order valence-corrected chi connectivity index (χ1v) is 10.5. The smallest absolute Gasteiger partial charge is 0.261 e. The van der Waals surface area contributed by atoms with Crippen LogP contribution < -0.4 is 10.1 Å². The summed E-state index contributed by atoms with van der Waals surface area (Å²) < 4.78 is 18.6. The molecule has 1 unspecified atom stereocenters. The van der Waals surface area contributed by atoms with Crippen molar-refractivity contribution in [2.75, 3.05) is 6.61 Å². The highest BCUT2D eigenvalue weighted by Gasteiger charge is 2.28. The number of carbonyl (C=O) groups is 2. The summed E-state index contributed by atoms with van der Waals surface area (Å²) in [4.78, 5) is 27.4. The Morgan fingerprint density at radius 1 is 1.07 bits per heavy atom. The molecule has 1 N–H and O–H groups in total. The fourth-order valence-corrected chi connectivity index (χ4v) is 3.69. The Kier molecular flexibility index (Phi) is 7.82. The van der Waals surface area contributed by atoms with Crippen molar-refractivity contribution in [2.24, 2.45) is 0 Å². The van der Waals surface area contributed by atoms with Crippen LogP contribution in [0.15, 0.2) is 54.6 Å². The summed E-state index contributed by atoms with van der Waals surface area (Å²) >= 11 is 0. The molecule has 0 aromatic heterocycles. The molecule has 2 aromatic rings. The Bertz CT molecular complexity index is 820. The Morgan fingerprint density at radius 2 is 1.73 bits per heavy atom. The number of hydrogen-bond acceptors (Lipinski definition) is 3. The molecule has 5 nitrogen and oxygen atoms in total. The number of carbonyl (C=O) groups excluding carboxylic acids is 2. The van der Waals surface area contributed by atoms with Crippen molar-refractivity contribution in [3.63, 3.8) is 0 Å². The largest absolute Gasteiger partial charge is 0.484 e. The lowest BCUT2D eigenvalue weighted by molar-refractivity contribution is -0.142. The Balaban J connectivity index is 1.67. The van der Waals surface area contributed by atoms with Crippen LogP contribution in [-0.4, -0.2) is 35.4 Å². The van der Waals surface area contributed by atoms with Crippen LogP contribution >= 0.6 is 0 Å². The van der Waals surface area contributed by atoms with Crippen molar-refractivity contribution in [3.05, 3.63) is 66.0 Å². The molecule has 6 heteroatoms. The number of ether oxygens (including phenoxy) is 1. The summed E-state index contributed by atoms with van der Waals surface area (Å²) in [5, 5.41) is 3.10. The zero-order chi connectivity index (χ0) is 21.3. The van der Waals surface area contributed by atoms with E-state index in [1.807, 2.05) is 30.3 Å². The van der Waals surface area contributed by atoms with Gasteiger partial charge in [0.2, 0.25) is 5.91 Å². The van der Waals surface area contributed by atoms with Gasteiger partial charge in [-0.1, -0.05) is 49.6 Å². The lowest BCUT2D eigenvalue weighted by Crippen LogP contribution is -2.51. The minimum Gasteiger partial charge on any atom is -0.484 e. The number of halogens is 1. The zero-order valence-electron chi connectivity index (χ0n) is 17.4. The highest BCUT2D eigenvalue weighted by atomic mass is 19.1. The van der Waals surface area contributed by atoms with E-state index in [0.717, 1.165) is 31.2 Å². The summed E-state index contributed by atoms with van der Waals surface area (Å²) in [5.74, 6) is -0.404. The van der Waals surface area contributed by atoms with Crippen molar-refractivity contribution in [1.82, 2.24) is 10.2 Å². The third-order valence-electron chi connectivity index (χ3n) is 5.49. The van der Waals surface area contributed by atoms with Crippen molar-refractivity contribution in [2.45, 2.75) is 57.7 Å². The monoisotopic (exact) mass is 412 g/mol. The molecule has 1 aliphatic carbocycles. The maximum Gasteiger partial charge on any atom is 0.261 e. The highest BCUT2D eigenvalue weighted by Crippen LogP contribution is 2.18. The van der Waals surface area contributed by atoms with Gasteiger partial charge >= 0.3 is 0 Å². The molecule has 1 saturated carbocycles. The molecule has 30 heavy (non-hydrogen) atoms. The van der Waals surface area contributed by atoms with E-state index in [2.05, 4.69) is 5.32 Å². The summed E-state index contributed by atoms with van der Waals surface area (Å²) in [5.41, 5.74) is 0.935. The van der Waals surface area contributed by atoms with Gasteiger partial charge in [-0.05, 0) is 49.6 Å². The Hall–Kier alpha value is -2.89. The van der Waals surface area contributed by atoms with E-state index in [-0.39, 0.29) is 30.3 Å². The van der Waals surface area contributed by atoms with E-state index in [4.69, 9.17) is 4.74 Å². The summed E-state index contributed by atoms with van der Waals surface area (Å²) in [6.45, 7) is 1.84. The summed E-state index contributed by atoms with van der Waals surface area (Å²) in [7, 11) is 0. The molecule has 2 aromatic carbocycles. The molecule has 0 radical (unpaired) electrons. The van der Waals surface area contributed by atoms with Crippen molar-refractivity contribution < 1.29 is 18.7 Å². The molecule has 1 atom stereocenters. The van der Waals surface area contributed by atoms with Crippen LogP contribution in [0.5, 0.6) is 5.75 Å². The second-order valence-corrected chi connectivity index (χ2v) is 7.77. The quantitative estimate of drug-likeness (QED) is 0.711. The van der Waals surface area contributed by atoms with E-state index in [0.29, 0.717) is 12.3 Å². The normalized spacial score (nSPS) is 15.3.